The van der Waals surface area contributed by atoms with E-state index in [2.05, 4.69) is 10.5 Å². The minimum absolute atomic E-state index is 0.261. The third kappa shape index (κ3) is 6.37. The summed E-state index contributed by atoms with van der Waals surface area (Å²) in [5, 5.41) is 5.45. The van der Waals surface area contributed by atoms with E-state index in [1.54, 1.807) is 54.6 Å². The molecule has 0 radical (unpaired) electrons. The van der Waals surface area contributed by atoms with E-state index < -0.39 is 5.91 Å². The third-order valence-electron chi connectivity index (χ3n) is 4.16. The number of hydrazone groups is 1. The van der Waals surface area contributed by atoms with Crippen LogP contribution in [0, 0.1) is 0 Å². The molecule has 3 aromatic rings. The maximum atomic E-state index is 12.2. The second kappa shape index (κ2) is 11.0. The van der Waals surface area contributed by atoms with Gasteiger partial charge in [-0.1, -0.05) is 53.0 Å². The number of benzene rings is 3. The van der Waals surface area contributed by atoms with Gasteiger partial charge in [-0.3, -0.25) is 4.79 Å². The van der Waals surface area contributed by atoms with E-state index >= 15 is 0 Å². The van der Waals surface area contributed by atoms with E-state index in [1.807, 2.05) is 13.0 Å². The van der Waals surface area contributed by atoms with Gasteiger partial charge in [-0.2, -0.15) is 5.10 Å². The zero-order chi connectivity index (χ0) is 22.2. The number of amides is 1. The van der Waals surface area contributed by atoms with E-state index in [0.717, 1.165) is 11.1 Å². The van der Waals surface area contributed by atoms with Gasteiger partial charge in [-0.15, -0.1) is 0 Å². The number of ether oxygens (including phenoxy) is 2. The van der Waals surface area contributed by atoms with E-state index in [4.69, 9.17) is 44.3 Å². The van der Waals surface area contributed by atoms with Gasteiger partial charge in [0.25, 0.3) is 5.91 Å². The Hall–Kier alpha value is -2.73. The van der Waals surface area contributed by atoms with Crippen molar-refractivity contribution < 1.29 is 14.3 Å². The number of nitrogens with one attached hydrogen (secondary N) is 1. The van der Waals surface area contributed by atoms with E-state index in [0.29, 0.717) is 38.7 Å². The Balaban J connectivity index is 1.68. The molecular weight excluding hydrogens is 459 g/mol. The van der Waals surface area contributed by atoms with Crippen LogP contribution in [0.15, 0.2) is 65.8 Å². The lowest BCUT2D eigenvalue weighted by Crippen LogP contribution is -2.17. The normalized spacial score (nSPS) is 10.8. The summed E-state index contributed by atoms with van der Waals surface area (Å²) in [5.74, 6) is 0.714. The summed E-state index contributed by atoms with van der Waals surface area (Å²) >= 11 is 18.2. The van der Waals surface area contributed by atoms with E-state index in [-0.39, 0.29) is 6.61 Å². The molecule has 0 unspecified atom stereocenters. The molecule has 0 aliphatic carbocycles. The highest BCUT2D eigenvalue weighted by molar-refractivity contribution is 6.35. The summed E-state index contributed by atoms with van der Waals surface area (Å²) in [7, 11) is 0. The highest BCUT2D eigenvalue weighted by Crippen LogP contribution is 2.30. The zero-order valence-electron chi connectivity index (χ0n) is 16.6. The van der Waals surface area contributed by atoms with Crippen LogP contribution >= 0.6 is 34.8 Å². The molecule has 0 saturated heterocycles. The van der Waals surface area contributed by atoms with Gasteiger partial charge < -0.3 is 9.47 Å². The van der Waals surface area contributed by atoms with Gasteiger partial charge in [0, 0.05) is 15.6 Å². The molecule has 0 atom stereocenters. The fourth-order valence-electron chi connectivity index (χ4n) is 2.66. The smallest absolute Gasteiger partial charge is 0.272 e. The highest BCUT2D eigenvalue weighted by atomic mass is 35.5. The molecule has 0 aliphatic heterocycles. The van der Waals surface area contributed by atoms with Crippen LogP contribution in [0.5, 0.6) is 11.5 Å². The van der Waals surface area contributed by atoms with Crippen LogP contribution in [-0.2, 0) is 6.61 Å². The van der Waals surface area contributed by atoms with Crippen molar-refractivity contribution in [3.8, 4) is 11.5 Å². The number of carbonyl (C=O) groups is 1. The van der Waals surface area contributed by atoms with Crippen molar-refractivity contribution >= 4 is 46.9 Å². The molecular formula is C23H19Cl3N2O3. The van der Waals surface area contributed by atoms with Crippen LogP contribution in [0.2, 0.25) is 15.1 Å². The first-order valence-electron chi connectivity index (χ1n) is 9.39. The molecule has 5 nitrogen and oxygen atoms in total. The number of nitrogens with zero attached hydrogens (tertiary/aromatic N) is 1. The lowest BCUT2D eigenvalue weighted by molar-refractivity contribution is 0.0955. The van der Waals surface area contributed by atoms with Gasteiger partial charge in [0.1, 0.15) is 6.61 Å². The first-order valence-corrected chi connectivity index (χ1v) is 10.5. The number of hydrogen-bond donors (Lipinski definition) is 1. The molecule has 0 bridgehead atoms. The molecule has 1 amide bonds. The molecule has 1 N–H and O–H groups in total. The van der Waals surface area contributed by atoms with E-state index in [1.165, 1.54) is 6.21 Å². The molecule has 0 heterocycles. The monoisotopic (exact) mass is 476 g/mol. The Labute approximate surface area is 195 Å². The largest absolute Gasteiger partial charge is 0.490 e. The molecule has 31 heavy (non-hydrogen) atoms. The second-order valence-electron chi connectivity index (χ2n) is 6.34. The zero-order valence-corrected chi connectivity index (χ0v) is 18.8. The second-order valence-corrected chi connectivity index (χ2v) is 7.59. The van der Waals surface area contributed by atoms with Gasteiger partial charge >= 0.3 is 0 Å². The summed E-state index contributed by atoms with van der Waals surface area (Å²) in [5.41, 5.74) is 4.34. The minimum Gasteiger partial charge on any atom is -0.490 e. The van der Waals surface area contributed by atoms with Crippen molar-refractivity contribution in [2.24, 2.45) is 5.10 Å². The summed E-state index contributed by atoms with van der Waals surface area (Å²) < 4.78 is 11.6. The van der Waals surface area contributed by atoms with Crippen molar-refractivity contribution in [3.63, 3.8) is 0 Å². The molecule has 8 heteroatoms. The van der Waals surface area contributed by atoms with Gasteiger partial charge in [0.2, 0.25) is 0 Å². The topological polar surface area (TPSA) is 59.9 Å². The van der Waals surface area contributed by atoms with Crippen molar-refractivity contribution in [3.05, 3.63) is 92.4 Å². The minimum atomic E-state index is -0.397. The molecule has 0 fully saturated rings. The fraction of sp³-hybridized carbons (Fsp3) is 0.130. The number of carbonyl (C=O) groups excluding carboxylic acids is 1. The van der Waals surface area contributed by atoms with Crippen LogP contribution in [0.25, 0.3) is 0 Å². The van der Waals surface area contributed by atoms with Crippen molar-refractivity contribution in [1.82, 2.24) is 5.43 Å². The number of halogens is 3. The Bertz CT molecular complexity index is 1100. The molecule has 0 aromatic heterocycles. The highest BCUT2D eigenvalue weighted by Gasteiger charge is 2.10. The molecule has 3 aromatic carbocycles. The number of rotatable bonds is 8. The summed E-state index contributed by atoms with van der Waals surface area (Å²) in [4.78, 5) is 12.2. The SMILES string of the molecule is CCOc1cc(/C=N\NC(=O)c2ccccc2Cl)ccc1OCc1ccc(Cl)cc1Cl. The van der Waals surface area contributed by atoms with Crippen LogP contribution in [0.3, 0.4) is 0 Å². The van der Waals surface area contributed by atoms with Crippen molar-refractivity contribution in [2.75, 3.05) is 6.61 Å². The van der Waals surface area contributed by atoms with Crippen LogP contribution in [0.4, 0.5) is 0 Å². The van der Waals surface area contributed by atoms with E-state index in [9.17, 15) is 4.79 Å². The molecule has 3 rings (SSSR count). The van der Waals surface area contributed by atoms with Gasteiger partial charge in [0.15, 0.2) is 11.5 Å². The van der Waals surface area contributed by atoms with Gasteiger partial charge in [-0.25, -0.2) is 5.43 Å². The molecule has 0 spiro atoms. The fourth-order valence-corrected chi connectivity index (χ4v) is 3.34. The van der Waals surface area contributed by atoms with Crippen molar-refractivity contribution in [1.29, 1.82) is 0 Å². The van der Waals surface area contributed by atoms with Gasteiger partial charge in [-0.05, 0) is 55.0 Å². The quantitative estimate of drug-likeness (QED) is 0.302. The Morgan fingerprint density at radius 3 is 2.52 bits per heavy atom. The maximum Gasteiger partial charge on any atom is 0.272 e. The summed E-state index contributed by atoms with van der Waals surface area (Å²) in [6, 6.07) is 17.3. The predicted molar refractivity (Wildman–Crippen MR) is 125 cm³/mol. The molecule has 0 saturated carbocycles. The number of hydrogen-bond acceptors (Lipinski definition) is 4. The van der Waals surface area contributed by atoms with Crippen LogP contribution in [-0.4, -0.2) is 18.7 Å². The Morgan fingerprint density at radius 1 is 0.968 bits per heavy atom. The average molecular weight is 478 g/mol. The average Bonchev–Trinajstić information content (AvgIpc) is 2.74. The summed E-state index contributed by atoms with van der Waals surface area (Å²) in [6.45, 7) is 2.60. The first-order chi connectivity index (χ1) is 15.0. The predicted octanol–water partition coefficient (Wildman–Crippen LogP) is 6.39. The molecule has 0 aliphatic rings. The summed E-state index contributed by atoms with van der Waals surface area (Å²) in [6.07, 6.45) is 1.51. The van der Waals surface area contributed by atoms with Crippen LogP contribution in [0.1, 0.15) is 28.4 Å². The lowest BCUT2D eigenvalue weighted by Gasteiger charge is -2.13. The third-order valence-corrected chi connectivity index (χ3v) is 5.08. The molecule has 160 valence electrons. The lowest BCUT2D eigenvalue weighted by atomic mass is 10.2. The maximum absolute atomic E-state index is 12.2. The first kappa shape index (κ1) is 22.9. The van der Waals surface area contributed by atoms with Crippen LogP contribution < -0.4 is 14.9 Å². The van der Waals surface area contributed by atoms with Crippen molar-refractivity contribution in [2.45, 2.75) is 13.5 Å². The Kier molecular flexibility index (Phi) is 8.18. The standard InChI is InChI=1S/C23H19Cl3N2O3/c1-2-30-22-11-15(13-27-28-23(29)18-5-3-4-6-19(18)25)7-10-21(22)31-14-16-8-9-17(24)12-20(16)26/h3-13H,2,14H2,1H3,(H,28,29)/b27-13-. The Morgan fingerprint density at radius 2 is 1.77 bits per heavy atom. The van der Waals surface area contributed by atoms with Gasteiger partial charge in [0.05, 0.1) is 23.4 Å².